The van der Waals surface area contributed by atoms with Crippen LogP contribution in [0.2, 0.25) is 0 Å². The molecule has 0 saturated carbocycles. The van der Waals surface area contributed by atoms with Crippen LogP contribution >= 0.6 is 0 Å². The van der Waals surface area contributed by atoms with Crippen molar-refractivity contribution in [2.24, 2.45) is 5.92 Å². The monoisotopic (exact) mass is 395 g/mol. The zero-order chi connectivity index (χ0) is 20.1. The van der Waals surface area contributed by atoms with Gasteiger partial charge in [-0.15, -0.1) is 0 Å². The third-order valence-corrected chi connectivity index (χ3v) is 5.06. The van der Waals surface area contributed by atoms with Crippen LogP contribution in [-0.4, -0.2) is 50.4 Å². The Labute approximate surface area is 169 Å². The third-order valence-electron chi connectivity index (χ3n) is 5.06. The number of nitrogens with one attached hydrogen (secondary N) is 1. The molecule has 0 bridgehead atoms. The van der Waals surface area contributed by atoms with Gasteiger partial charge in [-0.25, -0.2) is 4.98 Å². The van der Waals surface area contributed by atoms with Crippen molar-refractivity contribution >= 4 is 11.7 Å². The van der Waals surface area contributed by atoms with Gasteiger partial charge < -0.3 is 14.7 Å². The van der Waals surface area contributed by atoms with Crippen LogP contribution in [0, 0.1) is 12.8 Å². The molecule has 1 aliphatic rings. The Balaban J connectivity index is 1.29. The molecule has 1 fully saturated rings. The van der Waals surface area contributed by atoms with Gasteiger partial charge in [-0.2, -0.15) is 10.1 Å². The van der Waals surface area contributed by atoms with E-state index in [1.165, 1.54) is 0 Å². The zero-order valence-corrected chi connectivity index (χ0v) is 16.5. The SMILES string of the molecule is Cc1noc(-c2ccc(N3CCC[C@H](C(=O)NCCCn4cccn4)C3)nc2)n1. The maximum atomic E-state index is 12.6. The fourth-order valence-corrected chi connectivity index (χ4v) is 3.54. The lowest BCUT2D eigenvalue weighted by molar-refractivity contribution is -0.125. The van der Waals surface area contributed by atoms with E-state index >= 15 is 0 Å². The number of pyridine rings is 1. The van der Waals surface area contributed by atoms with E-state index in [4.69, 9.17) is 4.52 Å². The summed E-state index contributed by atoms with van der Waals surface area (Å²) in [5.41, 5.74) is 0.790. The highest BCUT2D eigenvalue weighted by Crippen LogP contribution is 2.24. The summed E-state index contributed by atoms with van der Waals surface area (Å²) in [6.45, 7) is 4.82. The summed E-state index contributed by atoms with van der Waals surface area (Å²) in [6.07, 6.45) is 8.17. The minimum absolute atomic E-state index is 0.0199. The lowest BCUT2D eigenvalue weighted by Gasteiger charge is -2.32. The molecule has 4 rings (SSSR count). The number of hydrogen-bond donors (Lipinski definition) is 1. The van der Waals surface area contributed by atoms with Gasteiger partial charge in [-0.3, -0.25) is 9.48 Å². The molecular weight excluding hydrogens is 370 g/mol. The van der Waals surface area contributed by atoms with E-state index < -0.39 is 0 Å². The number of aromatic nitrogens is 5. The molecule has 4 heterocycles. The van der Waals surface area contributed by atoms with Crippen molar-refractivity contribution in [3.8, 4) is 11.5 Å². The topological polar surface area (TPSA) is 102 Å². The number of hydrogen-bond acceptors (Lipinski definition) is 7. The molecule has 1 saturated heterocycles. The van der Waals surface area contributed by atoms with E-state index in [9.17, 15) is 4.79 Å². The first-order chi connectivity index (χ1) is 14.2. The van der Waals surface area contributed by atoms with Crippen LogP contribution in [0.15, 0.2) is 41.3 Å². The first kappa shape index (κ1) is 19.1. The smallest absolute Gasteiger partial charge is 0.259 e. The molecule has 0 aliphatic carbocycles. The quantitative estimate of drug-likeness (QED) is 0.611. The van der Waals surface area contributed by atoms with Gasteiger partial charge in [-0.1, -0.05) is 5.16 Å². The molecule has 0 spiro atoms. The van der Waals surface area contributed by atoms with Gasteiger partial charge in [0.05, 0.1) is 11.5 Å². The summed E-state index contributed by atoms with van der Waals surface area (Å²) < 4.78 is 7.06. The van der Waals surface area contributed by atoms with Crippen molar-refractivity contribution in [2.45, 2.75) is 32.7 Å². The van der Waals surface area contributed by atoms with Crippen LogP contribution in [0.1, 0.15) is 25.1 Å². The van der Waals surface area contributed by atoms with Crippen LogP contribution in [-0.2, 0) is 11.3 Å². The van der Waals surface area contributed by atoms with E-state index in [2.05, 4.69) is 30.4 Å². The fourth-order valence-electron chi connectivity index (χ4n) is 3.54. The Kier molecular flexibility index (Phi) is 5.83. The minimum atomic E-state index is -0.0199. The molecule has 0 unspecified atom stereocenters. The van der Waals surface area contributed by atoms with Crippen molar-refractivity contribution in [1.29, 1.82) is 0 Å². The second kappa shape index (κ2) is 8.85. The lowest BCUT2D eigenvalue weighted by Crippen LogP contribution is -2.43. The Morgan fingerprint density at radius 2 is 2.31 bits per heavy atom. The van der Waals surface area contributed by atoms with Crippen molar-refractivity contribution < 1.29 is 9.32 Å². The summed E-state index contributed by atoms with van der Waals surface area (Å²) >= 11 is 0. The van der Waals surface area contributed by atoms with Gasteiger partial charge in [0.25, 0.3) is 5.89 Å². The summed E-state index contributed by atoms with van der Waals surface area (Å²) in [5, 5.41) is 11.0. The number of amides is 1. The van der Waals surface area contributed by atoms with E-state index in [-0.39, 0.29) is 11.8 Å². The highest BCUT2D eigenvalue weighted by molar-refractivity contribution is 5.79. The van der Waals surface area contributed by atoms with Gasteiger partial charge in [0.2, 0.25) is 5.91 Å². The van der Waals surface area contributed by atoms with E-state index in [0.717, 1.165) is 43.7 Å². The second-order valence-electron chi connectivity index (χ2n) is 7.25. The normalized spacial score (nSPS) is 16.7. The van der Waals surface area contributed by atoms with Gasteiger partial charge >= 0.3 is 0 Å². The Hall–Kier alpha value is -3.23. The number of carbonyl (C=O) groups is 1. The number of rotatable bonds is 7. The van der Waals surface area contributed by atoms with E-state index in [1.54, 1.807) is 19.3 Å². The number of nitrogens with zero attached hydrogens (tertiary/aromatic N) is 6. The Morgan fingerprint density at radius 1 is 1.38 bits per heavy atom. The molecule has 1 atom stereocenters. The molecule has 9 nitrogen and oxygen atoms in total. The van der Waals surface area contributed by atoms with Crippen LogP contribution in [0.4, 0.5) is 5.82 Å². The summed E-state index contributed by atoms with van der Waals surface area (Å²) in [6, 6.07) is 5.77. The summed E-state index contributed by atoms with van der Waals surface area (Å²) in [5.74, 6) is 2.02. The lowest BCUT2D eigenvalue weighted by atomic mass is 9.97. The van der Waals surface area contributed by atoms with Crippen LogP contribution in [0.5, 0.6) is 0 Å². The number of anilines is 1. The molecule has 3 aromatic rings. The minimum Gasteiger partial charge on any atom is -0.356 e. The number of carbonyl (C=O) groups excluding carboxylic acids is 1. The highest BCUT2D eigenvalue weighted by Gasteiger charge is 2.26. The van der Waals surface area contributed by atoms with Crippen LogP contribution in [0.25, 0.3) is 11.5 Å². The predicted molar refractivity (Wildman–Crippen MR) is 107 cm³/mol. The van der Waals surface area contributed by atoms with E-state index in [0.29, 0.717) is 24.8 Å². The molecule has 0 radical (unpaired) electrons. The molecule has 1 amide bonds. The Morgan fingerprint density at radius 3 is 3.03 bits per heavy atom. The molecule has 9 heteroatoms. The van der Waals surface area contributed by atoms with E-state index in [1.807, 2.05) is 29.1 Å². The second-order valence-corrected chi connectivity index (χ2v) is 7.25. The molecule has 0 aromatic carbocycles. The number of aryl methyl sites for hydroxylation is 2. The first-order valence-electron chi connectivity index (χ1n) is 9.96. The highest BCUT2D eigenvalue weighted by atomic mass is 16.5. The van der Waals surface area contributed by atoms with Gasteiger partial charge in [0, 0.05) is 44.8 Å². The number of piperidine rings is 1. The average molecular weight is 395 g/mol. The largest absolute Gasteiger partial charge is 0.356 e. The molecule has 29 heavy (non-hydrogen) atoms. The molecule has 3 aromatic heterocycles. The maximum Gasteiger partial charge on any atom is 0.259 e. The standard InChI is InChI=1S/C20H25N7O2/c1-15-24-20(29-25-15)16-6-7-18(22-13-16)26-10-2-5-17(14-26)19(28)21-8-3-11-27-12-4-9-23-27/h4,6-7,9,12-13,17H,2-3,5,8,10-11,14H2,1H3,(H,21,28)/t17-/m0/s1. The molecule has 1 N–H and O–H groups in total. The van der Waals surface area contributed by atoms with Crippen molar-refractivity contribution in [2.75, 3.05) is 24.5 Å². The summed E-state index contributed by atoms with van der Waals surface area (Å²) in [4.78, 5) is 23.5. The molecule has 152 valence electrons. The zero-order valence-electron chi connectivity index (χ0n) is 16.5. The van der Waals surface area contributed by atoms with Crippen molar-refractivity contribution in [1.82, 2.24) is 30.2 Å². The predicted octanol–water partition coefficient (Wildman–Crippen LogP) is 2.06. The van der Waals surface area contributed by atoms with Gasteiger partial charge in [0.15, 0.2) is 5.82 Å². The average Bonchev–Trinajstić information content (AvgIpc) is 3.43. The van der Waals surface area contributed by atoms with Crippen molar-refractivity contribution in [3.05, 3.63) is 42.6 Å². The third kappa shape index (κ3) is 4.79. The van der Waals surface area contributed by atoms with Gasteiger partial charge in [0.1, 0.15) is 5.82 Å². The Bertz CT molecular complexity index is 921. The molecular formula is C20H25N7O2. The fraction of sp³-hybridized carbons (Fsp3) is 0.450. The van der Waals surface area contributed by atoms with Crippen LogP contribution < -0.4 is 10.2 Å². The first-order valence-corrected chi connectivity index (χ1v) is 9.96. The van der Waals surface area contributed by atoms with Gasteiger partial charge in [-0.05, 0) is 44.4 Å². The van der Waals surface area contributed by atoms with Crippen LogP contribution in [0.3, 0.4) is 0 Å². The maximum absolute atomic E-state index is 12.6. The molecule has 1 aliphatic heterocycles. The summed E-state index contributed by atoms with van der Waals surface area (Å²) in [7, 11) is 0. The van der Waals surface area contributed by atoms with Crippen molar-refractivity contribution in [3.63, 3.8) is 0 Å².